The normalized spacial score (nSPS) is 21.6. The zero-order chi connectivity index (χ0) is 13.9. The summed E-state index contributed by atoms with van der Waals surface area (Å²) in [6.45, 7) is 4.67. The number of likely N-dealkylation sites (N-methyl/N-ethyl adjacent to an activating group) is 1. The Morgan fingerprint density at radius 3 is 2.58 bits per heavy atom. The van der Waals surface area contributed by atoms with E-state index in [1.54, 1.807) is 19.1 Å². The molecule has 4 heteroatoms. The van der Waals surface area contributed by atoms with E-state index in [0.29, 0.717) is 6.42 Å². The highest BCUT2D eigenvalue weighted by Crippen LogP contribution is 2.33. The topological polar surface area (TPSA) is 15.3 Å². The average molecular weight is 268 g/mol. The highest BCUT2D eigenvalue weighted by Gasteiger charge is 2.30. The number of alkyl halides is 2. The summed E-state index contributed by atoms with van der Waals surface area (Å²) in [7, 11) is 2.08. The van der Waals surface area contributed by atoms with Crippen LogP contribution in [0.15, 0.2) is 24.3 Å². The van der Waals surface area contributed by atoms with Gasteiger partial charge in [-0.2, -0.15) is 0 Å². The molecule has 2 rings (SSSR count). The number of benzene rings is 1. The van der Waals surface area contributed by atoms with Crippen molar-refractivity contribution in [3.63, 3.8) is 0 Å². The van der Waals surface area contributed by atoms with E-state index in [1.807, 2.05) is 12.1 Å². The van der Waals surface area contributed by atoms with E-state index in [9.17, 15) is 8.78 Å². The van der Waals surface area contributed by atoms with Crippen LogP contribution in [0.1, 0.15) is 36.9 Å². The van der Waals surface area contributed by atoms with Gasteiger partial charge in [0.2, 0.25) is 0 Å². The molecule has 1 aliphatic heterocycles. The van der Waals surface area contributed by atoms with Crippen molar-refractivity contribution in [2.75, 3.05) is 26.7 Å². The largest absolute Gasteiger partial charge is 0.308 e. The van der Waals surface area contributed by atoms with Gasteiger partial charge in [-0.25, -0.2) is 8.78 Å². The molecular formula is C15H22F2N2. The van der Waals surface area contributed by atoms with Gasteiger partial charge < -0.3 is 10.2 Å². The van der Waals surface area contributed by atoms with Crippen molar-refractivity contribution in [1.29, 1.82) is 0 Å². The molecule has 1 N–H and O–H groups in total. The summed E-state index contributed by atoms with van der Waals surface area (Å²) in [5.74, 6) is -2.70. The molecule has 1 heterocycles. The standard InChI is InChI=1S/C15H22F2N2/c1-3-8-15(16,17)13-6-4-12(5-7-13)14-11-19(2)10-9-18-14/h4-7,14,18H,3,8-11H2,1-2H3. The van der Waals surface area contributed by atoms with Gasteiger partial charge in [0.15, 0.2) is 0 Å². The third kappa shape index (κ3) is 3.51. The Morgan fingerprint density at radius 1 is 1.32 bits per heavy atom. The smallest absolute Gasteiger partial charge is 0.273 e. The number of halogens is 2. The van der Waals surface area contributed by atoms with Crippen LogP contribution in [0.3, 0.4) is 0 Å². The van der Waals surface area contributed by atoms with Gasteiger partial charge in [-0.15, -0.1) is 0 Å². The fraction of sp³-hybridized carbons (Fsp3) is 0.600. The molecule has 1 fully saturated rings. The fourth-order valence-electron chi connectivity index (χ4n) is 2.54. The molecule has 0 spiro atoms. The molecule has 1 aliphatic rings. The predicted molar refractivity (Wildman–Crippen MR) is 73.5 cm³/mol. The lowest BCUT2D eigenvalue weighted by Crippen LogP contribution is -2.43. The molecule has 1 atom stereocenters. The zero-order valence-corrected chi connectivity index (χ0v) is 11.6. The lowest BCUT2D eigenvalue weighted by Gasteiger charge is -2.31. The van der Waals surface area contributed by atoms with Crippen LogP contribution in [0.5, 0.6) is 0 Å². The molecule has 1 unspecified atom stereocenters. The number of hydrogen-bond acceptors (Lipinski definition) is 2. The van der Waals surface area contributed by atoms with Gasteiger partial charge >= 0.3 is 0 Å². The van der Waals surface area contributed by atoms with E-state index in [4.69, 9.17) is 0 Å². The van der Waals surface area contributed by atoms with Crippen LogP contribution in [-0.2, 0) is 5.92 Å². The molecule has 1 aromatic carbocycles. The first-order valence-electron chi connectivity index (χ1n) is 6.93. The molecule has 0 amide bonds. The van der Waals surface area contributed by atoms with E-state index in [1.165, 1.54) is 0 Å². The Morgan fingerprint density at radius 2 is 2.00 bits per heavy atom. The highest BCUT2D eigenvalue weighted by atomic mass is 19.3. The van der Waals surface area contributed by atoms with Gasteiger partial charge in [-0.05, 0) is 12.6 Å². The Labute approximate surface area is 113 Å². The number of rotatable bonds is 4. The van der Waals surface area contributed by atoms with Crippen LogP contribution in [-0.4, -0.2) is 31.6 Å². The third-order valence-corrected chi connectivity index (χ3v) is 3.68. The molecule has 0 aliphatic carbocycles. The van der Waals surface area contributed by atoms with E-state index in [0.717, 1.165) is 25.2 Å². The van der Waals surface area contributed by atoms with Crippen LogP contribution >= 0.6 is 0 Å². The second-order valence-corrected chi connectivity index (χ2v) is 5.35. The van der Waals surface area contributed by atoms with Crippen molar-refractivity contribution in [3.8, 4) is 0 Å². The molecule has 0 radical (unpaired) electrons. The third-order valence-electron chi connectivity index (χ3n) is 3.68. The van der Waals surface area contributed by atoms with E-state index in [2.05, 4.69) is 17.3 Å². The van der Waals surface area contributed by atoms with Gasteiger partial charge in [-0.3, -0.25) is 0 Å². The summed E-state index contributed by atoms with van der Waals surface area (Å²) in [5.41, 5.74) is 1.21. The molecule has 0 saturated carbocycles. The molecule has 19 heavy (non-hydrogen) atoms. The van der Waals surface area contributed by atoms with Gasteiger partial charge in [-0.1, -0.05) is 37.6 Å². The molecule has 1 aromatic rings. The number of piperazine rings is 1. The maximum Gasteiger partial charge on any atom is 0.273 e. The second-order valence-electron chi connectivity index (χ2n) is 5.35. The van der Waals surface area contributed by atoms with Crippen LogP contribution in [0, 0.1) is 0 Å². The molecule has 2 nitrogen and oxygen atoms in total. The van der Waals surface area contributed by atoms with E-state index >= 15 is 0 Å². The minimum Gasteiger partial charge on any atom is -0.308 e. The SMILES string of the molecule is CCCC(F)(F)c1ccc(C2CN(C)CCN2)cc1. The van der Waals surface area contributed by atoms with Crippen molar-refractivity contribution in [2.45, 2.75) is 31.7 Å². The summed E-state index contributed by atoms with van der Waals surface area (Å²) in [6, 6.07) is 7.04. The molecular weight excluding hydrogens is 246 g/mol. The summed E-state index contributed by atoms with van der Waals surface area (Å²) in [6.07, 6.45) is 0.403. The van der Waals surface area contributed by atoms with Gasteiger partial charge in [0.25, 0.3) is 5.92 Å². The first-order chi connectivity index (χ1) is 9.03. The van der Waals surface area contributed by atoms with E-state index in [-0.39, 0.29) is 18.0 Å². The van der Waals surface area contributed by atoms with Crippen molar-refractivity contribution < 1.29 is 8.78 Å². The Hall–Kier alpha value is -1.00. The minimum atomic E-state index is -2.70. The fourth-order valence-corrected chi connectivity index (χ4v) is 2.54. The lowest BCUT2D eigenvalue weighted by molar-refractivity contribution is -0.0140. The van der Waals surface area contributed by atoms with Gasteiger partial charge in [0.1, 0.15) is 0 Å². The van der Waals surface area contributed by atoms with Crippen LogP contribution in [0.25, 0.3) is 0 Å². The zero-order valence-electron chi connectivity index (χ0n) is 11.6. The van der Waals surface area contributed by atoms with Crippen LogP contribution < -0.4 is 5.32 Å². The molecule has 0 aromatic heterocycles. The van der Waals surface area contributed by atoms with Gasteiger partial charge in [0, 0.05) is 37.7 Å². The number of hydrogen-bond donors (Lipinski definition) is 1. The van der Waals surface area contributed by atoms with Crippen molar-refractivity contribution in [1.82, 2.24) is 10.2 Å². The van der Waals surface area contributed by atoms with Crippen LogP contribution in [0.2, 0.25) is 0 Å². The summed E-state index contributed by atoms with van der Waals surface area (Å²) in [5, 5.41) is 3.42. The Kier molecular flexibility index (Phi) is 4.53. The molecule has 0 bridgehead atoms. The quantitative estimate of drug-likeness (QED) is 0.902. The first kappa shape index (κ1) is 14.4. The number of nitrogens with zero attached hydrogens (tertiary/aromatic N) is 1. The molecule has 106 valence electrons. The van der Waals surface area contributed by atoms with Crippen molar-refractivity contribution in [2.24, 2.45) is 0 Å². The summed E-state index contributed by atoms with van der Waals surface area (Å²) < 4.78 is 27.5. The number of nitrogens with one attached hydrogen (secondary N) is 1. The monoisotopic (exact) mass is 268 g/mol. The minimum absolute atomic E-state index is 0.0865. The maximum absolute atomic E-state index is 13.8. The summed E-state index contributed by atoms with van der Waals surface area (Å²) in [4.78, 5) is 2.25. The van der Waals surface area contributed by atoms with Crippen molar-refractivity contribution in [3.05, 3.63) is 35.4 Å². The Balaban J connectivity index is 2.09. The highest BCUT2D eigenvalue weighted by molar-refractivity contribution is 5.28. The van der Waals surface area contributed by atoms with Crippen LogP contribution in [0.4, 0.5) is 8.78 Å². The lowest BCUT2D eigenvalue weighted by atomic mass is 9.99. The Bertz CT molecular complexity index is 403. The second kappa shape index (κ2) is 5.97. The summed E-state index contributed by atoms with van der Waals surface area (Å²) >= 11 is 0. The first-order valence-corrected chi connectivity index (χ1v) is 6.93. The predicted octanol–water partition coefficient (Wildman–Crippen LogP) is 3.15. The average Bonchev–Trinajstić information content (AvgIpc) is 2.39. The van der Waals surface area contributed by atoms with Gasteiger partial charge in [0.05, 0.1) is 0 Å². The van der Waals surface area contributed by atoms with Crippen molar-refractivity contribution >= 4 is 0 Å². The maximum atomic E-state index is 13.8. The van der Waals surface area contributed by atoms with E-state index < -0.39 is 5.92 Å². The molecule has 1 saturated heterocycles.